The van der Waals surface area contributed by atoms with E-state index in [4.69, 9.17) is 5.26 Å². The Bertz CT molecular complexity index is 241. The molecule has 0 aliphatic rings. The molecule has 92 valence electrons. The van der Waals surface area contributed by atoms with Gasteiger partial charge in [0.25, 0.3) is 6.43 Å². The van der Waals surface area contributed by atoms with E-state index in [0.29, 0.717) is 6.54 Å². The maximum absolute atomic E-state index is 11.7. The summed E-state index contributed by atoms with van der Waals surface area (Å²) in [6.07, 6.45) is -1.72. The monoisotopic (exact) mass is 234 g/mol. The summed E-state index contributed by atoms with van der Waals surface area (Å²) in [5.74, 6) is -0.238. The van der Waals surface area contributed by atoms with E-state index in [0.717, 1.165) is 6.42 Å². The quantitative estimate of drug-likeness (QED) is 0.471. The van der Waals surface area contributed by atoms with Crippen molar-refractivity contribution >= 4 is 5.91 Å². The fourth-order valence-corrected chi connectivity index (χ4v) is 1.14. The first-order chi connectivity index (χ1) is 7.61. The maximum Gasteiger partial charge on any atom is 0.261 e. The second-order valence-corrected chi connectivity index (χ2v) is 3.19. The largest absolute Gasteiger partial charge is 0.375 e. The molecule has 4 nitrogen and oxygen atoms in total. The number of hydrogen-bond acceptors (Lipinski definition) is 3. The molecule has 0 aromatic carbocycles. The van der Waals surface area contributed by atoms with Crippen LogP contribution in [0.1, 0.15) is 19.8 Å². The van der Waals surface area contributed by atoms with Crippen LogP contribution in [0.2, 0.25) is 0 Å². The van der Waals surface area contributed by atoms with E-state index < -0.39 is 13.0 Å². The van der Waals surface area contributed by atoms with Crippen molar-refractivity contribution < 1.29 is 18.3 Å². The molecule has 1 amide bonds. The van der Waals surface area contributed by atoms with Crippen molar-refractivity contribution in [3.63, 3.8) is 0 Å². The van der Waals surface area contributed by atoms with Gasteiger partial charge in [0.1, 0.15) is 13.2 Å². The Labute approximate surface area is 93.8 Å². The Kier molecular flexibility index (Phi) is 8.35. The summed E-state index contributed by atoms with van der Waals surface area (Å²) in [6, 6.07) is 1.89. The molecular formula is C10H16F2N2O2. The standard InChI is InChI=1S/C10H16F2N2O2/c1-2-5-14(6-4-13)10(15)3-7-16-8-9(11)12/h9H,2-3,5-8H2,1H3. The summed E-state index contributed by atoms with van der Waals surface area (Å²) in [5.41, 5.74) is 0. The molecule has 6 heteroatoms. The van der Waals surface area contributed by atoms with Crippen LogP contribution in [-0.4, -0.2) is 43.5 Å². The van der Waals surface area contributed by atoms with Crippen molar-refractivity contribution in [3.05, 3.63) is 0 Å². The van der Waals surface area contributed by atoms with E-state index in [1.807, 2.05) is 13.0 Å². The average Bonchev–Trinajstić information content (AvgIpc) is 2.23. The minimum Gasteiger partial charge on any atom is -0.375 e. The van der Waals surface area contributed by atoms with Crippen LogP contribution in [0.4, 0.5) is 8.78 Å². The summed E-state index contributed by atoms with van der Waals surface area (Å²) < 4.78 is 28.0. The molecule has 0 unspecified atom stereocenters. The van der Waals surface area contributed by atoms with Crippen LogP contribution in [0.5, 0.6) is 0 Å². The lowest BCUT2D eigenvalue weighted by molar-refractivity contribution is -0.132. The highest BCUT2D eigenvalue weighted by molar-refractivity contribution is 5.76. The predicted octanol–water partition coefficient (Wildman–Crippen LogP) is 1.42. The van der Waals surface area contributed by atoms with Gasteiger partial charge in [0.2, 0.25) is 5.91 Å². The van der Waals surface area contributed by atoms with E-state index in [1.54, 1.807) is 0 Å². The van der Waals surface area contributed by atoms with Crippen LogP contribution >= 0.6 is 0 Å². The van der Waals surface area contributed by atoms with E-state index in [-0.39, 0.29) is 25.5 Å². The fraction of sp³-hybridized carbons (Fsp3) is 0.800. The highest BCUT2D eigenvalue weighted by Crippen LogP contribution is 1.98. The van der Waals surface area contributed by atoms with Gasteiger partial charge in [-0.25, -0.2) is 8.78 Å². The highest BCUT2D eigenvalue weighted by Gasteiger charge is 2.12. The Morgan fingerprint density at radius 2 is 2.25 bits per heavy atom. The van der Waals surface area contributed by atoms with Crippen LogP contribution in [0.3, 0.4) is 0 Å². The van der Waals surface area contributed by atoms with Gasteiger partial charge in [-0.1, -0.05) is 6.92 Å². The van der Waals surface area contributed by atoms with Gasteiger partial charge in [-0.05, 0) is 6.42 Å². The van der Waals surface area contributed by atoms with Gasteiger partial charge >= 0.3 is 0 Å². The SMILES string of the molecule is CCCN(CC#N)C(=O)CCOCC(F)F. The van der Waals surface area contributed by atoms with Crippen LogP contribution in [0.15, 0.2) is 0 Å². The lowest BCUT2D eigenvalue weighted by Crippen LogP contribution is -2.32. The first-order valence-corrected chi connectivity index (χ1v) is 5.12. The van der Waals surface area contributed by atoms with Gasteiger partial charge in [-0.15, -0.1) is 0 Å². The minimum absolute atomic E-state index is 0.0293. The van der Waals surface area contributed by atoms with Gasteiger partial charge in [0.05, 0.1) is 19.1 Å². The maximum atomic E-state index is 11.7. The molecule has 0 aliphatic heterocycles. The number of alkyl halides is 2. The lowest BCUT2D eigenvalue weighted by atomic mass is 10.3. The third-order valence-corrected chi connectivity index (χ3v) is 1.81. The second-order valence-electron chi connectivity index (χ2n) is 3.19. The number of hydrogen-bond donors (Lipinski definition) is 0. The first kappa shape index (κ1) is 14.8. The summed E-state index contributed by atoms with van der Waals surface area (Å²) >= 11 is 0. The number of rotatable bonds is 8. The van der Waals surface area contributed by atoms with Crippen molar-refractivity contribution in [1.29, 1.82) is 5.26 Å². The molecule has 0 saturated heterocycles. The highest BCUT2D eigenvalue weighted by atomic mass is 19.3. The van der Waals surface area contributed by atoms with Crippen LogP contribution in [0, 0.1) is 11.3 Å². The van der Waals surface area contributed by atoms with Gasteiger partial charge in [-0.3, -0.25) is 4.79 Å². The summed E-state index contributed by atoms with van der Waals surface area (Å²) in [5, 5.41) is 8.48. The van der Waals surface area contributed by atoms with Crippen LogP contribution in [0.25, 0.3) is 0 Å². The summed E-state index contributed by atoms with van der Waals surface area (Å²) in [4.78, 5) is 12.9. The summed E-state index contributed by atoms with van der Waals surface area (Å²) in [6.45, 7) is 1.74. The van der Waals surface area contributed by atoms with Crippen molar-refractivity contribution in [2.24, 2.45) is 0 Å². The Morgan fingerprint density at radius 3 is 2.75 bits per heavy atom. The van der Waals surface area contributed by atoms with Crippen LogP contribution in [-0.2, 0) is 9.53 Å². The molecule has 0 saturated carbocycles. The zero-order valence-corrected chi connectivity index (χ0v) is 9.29. The molecule has 0 bridgehead atoms. The Hall–Kier alpha value is -1.22. The minimum atomic E-state index is -2.51. The van der Waals surface area contributed by atoms with E-state index in [9.17, 15) is 13.6 Å². The van der Waals surface area contributed by atoms with Crippen LogP contribution < -0.4 is 0 Å². The van der Waals surface area contributed by atoms with Gasteiger partial charge in [0.15, 0.2) is 0 Å². The smallest absolute Gasteiger partial charge is 0.261 e. The average molecular weight is 234 g/mol. The third kappa shape index (κ3) is 7.12. The first-order valence-electron chi connectivity index (χ1n) is 5.12. The summed E-state index contributed by atoms with van der Waals surface area (Å²) in [7, 11) is 0. The molecule has 0 aromatic rings. The number of carbonyl (C=O) groups is 1. The van der Waals surface area contributed by atoms with E-state index in [1.165, 1.54) is 4.90 Å². The molecule has 0 aromatic heterocycles. The predicted molar refractivity (Wildman–Crippen MR) is 53.9 cm³/mol. The molecule has 0 N–H and O–H groups in total. The normalized spacial score (nSPS) is 10.2. The number of nitrogens with zero attached hydrogens (tertiary/aromatic N) is 2. The van der Waals surface area contributed by atoms with E-state index in [2.05, 4.69) is 4.74 Å². The van der Waals surface area contributed by atoms with Crippen molar-refractivity contribution in [3.8, 4) is 6.07 Å². The van der Waals surface area contributed by atoms with Gasteiger partial charge < -0.3 is 9.64 Å². The zero-order valence-electron chi connectivity index (χ0n) is 9.29. The van der Waals surface area contributed by atoms with Crippen molar-refractivity contribution in [2.75, 3.05) is 26.3 Å². The van der Waals surface area contributed by atoms with Crippen molar-refractivity contribution in [2.45, 2.75) is 26.2 Å². The molecule has 0 spiro atoms. The molecule has 0 fully saturated rings. The zero-order chi connectivity index (χ0) is 12.4. The molecule has 0 radical (unpaired) electrons. The topological polar surface area (TPSA) is 53.3 Å². The Morgan fingerprint density at radius 1 is 1.56 bits per heavy atom. The molecule has 16 heavy (non-hydrogen) atoms. The van der Waals surface area contributed by atoms with Gasteiger partial charge in [0, 0.05) is 6.54 Å². The lowest BCUT2D eigenvalue weighted by Gasteiger charge is -2.18. The number of amides is 1. The molecule has 0 atom stereocenters. The number of halogens is 2. The molecule has 0 rings (SSSR count). The second kappa shape index (κ2) is 9.04. The number of ether oxygens (including phenoxy) is 1. The fourth-order valence-electron chi connectivity index (χ4n) is 1.14. The third-order valence-electron chi connectivity index (χ3n) is 1.81. The molecule has 0 aliphatic carbocycles. The number of carbonyl (C=O) groups excluding carboxylic acids is 1. The number of nitriles is 1. The van der Waals surface area contributed by atoms with Crippen molar-refractivity contribution in [1.82, 2.24) is 4.90 Å². The van der Waals surface area contributed by atoms with Gasteiger partial charge in [-0.2, -0.15) is 5.26 Å². The molecular weight excluding hydrogens is 218 g/mol. The van der Waals surface area contributed by atoms with E-state index >= 15 is 0 Å². The Balaban J connectivity index is 3.79. The molecule has 0 heterocycles.